The minimum absolute atomic E-state index is 0.285. The van der Waals surface area contributed by atoms with E-state index in [1.807, 2.05) is 20.2 Å². The fraction of sp³-hybridized carbons (Fsp3) is 0.375. The summed E-state index contributed by atoms with van der Waals surface area (Å²) in [5, 5.41) is 3.22. The number of hydrogen-bond donors (Lipinski definition) is 1. The number of hydrogen-bond acceptors (Lipinski definition) is 3. The van der Waals surface area contributed by atoms with Crippen molar-refractivity contribution in [2.75, 3.05) is 7.05 Å². The van der Waals surface area contributed by atoms with Gasteiger partial charge in [0.2, 0.25) is 0 Å². The van der Waals surface area contributed by atoms with Crippen LogP contribution in [0.4, 0.5) is 0 Å². The van der Waals surface area contributed by atoms with E-state index < -0.39 is 0 Å². The Balaban J connectivity index is 2.24. The highest BCUT2D eigenvalue weighted by Crippen LogP contribution is 2.16. The van der Waals surface area contributed by atoms with E-state index in [4.69, 9.17) is 0 Å². The molecule has 0 bridgehead atoms. The minimum Gasteiger partial charge on any atom is -0.313 e. The second-order valence-electron chi connectivity index (χ2n) is 4.94. The zero-order valence-electron chi connectivity index (χ0n) is 12.1. The molecule has 100 valence electrons. The standard InChI is InChI=1S/C16H21N3/c1-11-7-5-6-8-14(11)9-16-18-10-15(12(2)17-4)13(3)19-16/h5-8,10,12,17H,9H2,1-4H3. The highest BCUT2D eigenvalue weighted by molar-refractivity contribution is 5.29. The summed E-state index contributed by atoms with van der Waals surface area (Å²) in [6, 6.07) is 8.67. The summed E-state index contributed by atoms with van der Waals surface area (Å²) in [5.41, 5.74) is 4.80. The van der Waals surface area contributed by atoms with Crippen LogP contribution in [0.25, 0.3) is 0 Å². The highest BCUT2D eigenvalue weighted by Gasteiger charge is 2.09. The molecule has 0 aliphatic rings. The monoisotopic (exact) mass is 255 g/mol. The van der Waals surface area contributed by atoms with Crippen LogP contribution < -0.4 is 5.32 Å². The number of benzene rings is 1. The largest absolute Gasteiger partial charge is 0.313 e. The van der Waals surface area contributed by atoms with Gasteiger partial charge in [0, 0.05) is 29.9 Å². The van der Waals surface area contributed by atoms with Gasteiger partial charge < -0.3 is 5.32 Å². The van der Waals surface area contributed by atoms with E-state index in [9.17, 15) is 0 Å². The molecular formula is C16H21N3. The molecule has 0 aliphatic heterocycles. The first-order valence-electron chi connectivity index (χ1n) is 6.66. The summed E-state index contributed by atoms with van der Waals surface area (Å²) in [6.07, 6.45) is 2.73. The van der Waals surface area contributed by atoms with E-state index in [-0.39, 0.29) is 6.04 Å². The smallest absolute Gasteiger partial charge is 0.132 e. The lowest BCUT2D eigenvalue weighted by atomic mass is 10.1. The second-order valence-corrected chi connectivity index (χ2v) is 4.94. The Hall–Kier alpha value is -1.74. The molecule has 0 fully saturated rings. The molecule has 0 saturated carbocycles. The summed E-state index contributed by atoms with van der Waals surface area (Å²) < 4.78 is 0. The van der Waals surface area contributed by atoms with Gasteiger partial charge in [-0.05, 0) is 38.9 Å². The average molecular weight is 255 g/mol. The molecule has 0 spiro atoms. The van der Waals surface area contributed by atoms with Crippen molar-refractivity contribution in [1.82, 2.24) is 15.3 Å². The molecule has 3 nitrogen and oxygen atoms in total. The molecule has 1 aromatic carbocycles. The first-order valence-corrected chi connectivity index (χ1v) is 6.66. The summed E-state index contributed by atoms with van der Waals surface area (Å²) in [7, 11) is 1.95. The Bertz CT molecular complexity index is 564. The third kappa shape index (κ3) is 3.18. The lowest BCUT2D eigenvalue weighted by Crippen LogP contribution is -2.15. The van der Waals surface area contributed by atoms with Gasteiger partial charge in [-0.25, -0.2) is 9.97 Å². The topological polar surface area (TPSA) is 37.8 Å². The van der Waals surface area contributed by atoms with E-state index >= 15 is 0 Å². The van der Waals surface area contributed by atoms with Gasteiger partial charge in [-0.2, -0.15) is 0 Å². The molecule has 2 rings (SSSR count). The molecule has 3 heteroatoms. The zero-order chi connectivity index (χ0) is 13.8. The first kappa shape index (κ1) is 13.7. The quantitative estimate of drug-likeness (QED) is 0.912. The van der Waals surface area contributed by atoms with Crippen molar-refractivity contribution < 1.29 is 0 Å². The Morgan fingerprint density at radius 1 is 1.21 bits per heavy atom. The third-order valence-corrected chi connectivity index (χ3v) is 3.58. The van der Waals surface area contributed by atoms with Crippen molar-refractivity contribution in [3.63, 3.8) is 0 Å². The van der Waals surface area contributed by atoms with Gasteiger partial charge in [-0.3, -0.25) is 0 Å². The van der Waals surface area contributed by atoms with Gasteiger partial charge in [0.1, 0.15) is 5.82 Å². The molecule has 1 unspecified atom stereocenters. The molecule has 0 radical (unpaired) electrons. The summed E-state index contributed by atoms with van der Waals surface area (Å²) in [4.78, 5) is 9.12. The van der Waals surface area contributed by atoms with Crippen molar-refractivity contribution >= 4 is 0 Å². The van der Waals surface area contributed by atoms with Crippen LogP contribution in [0.15, 0.2) is 30.5 Å². The van der Waals surface area contributed by atoms with Crippen LogP contribution in [0.1, 0.15) is 41.2 Å². The first-order chi connectivity index (χ1) is 9.11. The van der Waals surface area contributed by atoms with Gasteiger partial charge in [0.05, 0.1) is 0 Å². The molecule has 0 aliphatic carbocycles. The molecular weight excluding hydrogens is 234 g/mol. The normalized spacial score (nSPS) is 12.4. The van der Waals surface area contributed by atoms with E-state index in [0.29, 0.717) is 0 Å². The lowest BCUT2D eigenvalue weighted by Gasteiger charge is -2.13. The average Bonchev–Trinajstić information content (AvgIpc) is 2.41. The predicted molar refractivity (Wildman–Crippen MR) is 78.2 cm³/mol. The molecule has 1 aromatic heterocycles. The van der Waals surface area contributed by atoms with Crippen LogP contribution in [0.5, 0.6) is 0 Å². The fourth-order valence-corrected chi connectivity index (χ4v) is 2.17. The number of aryl methyl sites for hydroxylation is 2. The number of rotatable bonds is 4. The second kappa shape index (κ2) is 5.93. The Morgan fingerprint density at radius 2 is 1.95 bits per heavy atom. The van der Waals surface area contributed by atoms with Gasteiger partial charge >= 0.3 is 0 Å². The minimum atomic E-state index is 0.285. The van der Waals surface area contributed by atoms with Crippen LogP contribution in [-0.2, 0) is 6.42 Å². The molecule has 19 heavy (non-hydrogen) atoms. The van der Waals surface area contributed by atoms with Gasteiger partial charge in [0.15, 0.2) is 0 Å². The summed E-state index contributed by atoms with van der Waals surface area (Å²) in [6.45, 7) is 6.29. The van der Waals surface area contributed by atoms with Gasteiger partial charge in [-0.15, -0.1) is 0 Å². The number of nitrogens with one attached hydrogen (secondary N) is 1. The molecule has 0 saturated heterocycles. The van der Waals surface area contributed by atoms with Gasteiger partial charge in [-0.1, -0.05) is 24.3 Å². The fourth-order valence-electron chi connectivity index (χ4n) is 2.17. The van der Waals surface area contributed by atoms with E-state index in [2.05, 4.69) is 53.4 Å². The van der Waals surface area contributed by atoms with Crippen molar-refractivity contribution in [2.45, 2.75) is 33.2 Å². The van der Waals surface area contributed by atoms with Crippen molar-refractivity contribution in [3.8, 4) is 0 Å². The lowest BCUT2D eigenvalue weighted by molar-refractivity contribution is 0.638. The van der Waals surface area contributed by atoms with Crippen LogP contribution in [0, 0.1) is 13.8 Å². The van der Waals surface area contributed by atoms with Crippen molar-refractivity contribution in [1.29, 1.82) is 0 Å². The van der Waals surface area contributed by atoms with E-state index in [1.54, 1.807) is 0 Å². The van der Waals surface area contributed by atoms with Crippen molar-refractivity contribution in [3.05, 3.63) is 58.7 Å². The molecule has 0 amide bonds. The van der Waals surface area contributed by atoms with Gasteiger partial charge in [0.25, 0.3) is 0 Å². The Kier molecular flexibility index (Phi) is 4.27. The van der Waals surface area contributed by atoms with Crippen LogP contribution >= 0.6 is 0 Å². The summed E-state index contributed by atoms with van der Waals surface area (Å²) >= 11 is 0. The number of aromatic nitrogens is 2. The highest BCUT2D eigenvalue weighted by atomic mass is 14.9. The van der Waals surface area contributed by atoms with Crippen LogP contribution in [0.3, 0.4) is 0 Å². The Morgan fingerprint density at radius 3 is 2.58 bits per heavy atom. The third-order valence-electron chi connectivity index (χ3n) is 3.58. The van der Waals surface area contributed by atoms with Crippen LogP contribution in [0.2, 0.25) is 0 Å². The Labute approximate surface area is 115 Å². The van der Waals surface area contributed by atoms with Crippen LogP contribution in [-0.4, -0.2) is 17.0 Å². The van der Waals surface area contributed by atoms with E-state index in [1.165, 1.54) is 11.1 Å². The van der Waals surface area contributed by atoms with Crippen molar-refractivity contribution in [2.24, 2.45) is 0 Å². The van der Waals surface area contributed by atoms with E-state index in [0.717, 1.165) is 23.5 Å². The molecule has 1 N–H and O–H groups in total. The zero-order valence-corrected chi connectivity index (χ0v) is 12.1. The summed E-state index contributed by atoms with van der Waals surface area (Å²) in [5.74, 6) is 0.888. The maximum atomic E-state index is 4.63. The molecule has 2 aromatic rings. The molecule has 1 atom stereocenters. The number of nitrogens with zero attached hydrogens (tertiary/aromatic N) is 2. The maximum absolute atomic E-state index is 4.63. The molecule has 1 heterocycles. The predicted octanol–water partition coefficient (Wildman–Crippen LogP) is 2.96. The maximum Gasteiger partial charge on any atom is 0.132 e. The SMILES string of the molecule is CNC(C)c1cnc(Cc2ccccc2C)nc1C.